The largest absolute Gasteiger partial charge is 0.497 e. The van der Waals surface area contributed by atoms with Gasteiger partial charge in [0, 0.05) is 36.3 Å². The highest BCUT2D eigenvalue weighted by Gasteiger charge is 2.27. The zero-order chi connectivity index (χ0) is 20.2. The molecule has 1 aliphatic rings. The average molecular weight is 393 g/mol. The number of ether oxygens (including phenoxy) is 1. The third-order valence-electron chi connectivity index (χ3n) is 5.36. The lowest BCUT2D eigenvalue weighted by molar-refractivity contribution is 0.0811. The normalized spacial score (nSPS) is 17.2. The summed E-state index contributed by atoms with van der Waals surface area (Å²) in [6.45, 7) is 2.43. The van der Waals surface area contributed by atoms with Gasteiger partial charge in [-0.15, -0.1) is 0 Å². The summed E-state index contributed by atoms with van der Waals surface area (Å²) >= 11 is 0. The van der Waals surface area contributed by atoms with Crippen LogP contribution in [-0.4, -0.2) is 40.7 Å². The number of piperidine rings is 1. The van der Waals surface area contributed by atoms with E-state index in [2.05, 4.69) is 10.00 Å². The number of rotatable bonds is 6. The van der Waals surface area contributed by atoms with Crippen LogP contribution in [0.25, 0.3) is 5.69 Å². The number of aromatic nitrogens is 2. The first-order valence-electron chi connectivity index (χ1n) is 9.82. The summed E-state index contributed by atoms with van der Waals surface area (Å²) in [6.07, 6.45) is 5.69. The Morgan fingerprint density at radius 1 is 1.24 bits per heavy atom. The van der Waals surface area contributed by atoms with E-state index in [-0.39, 0.29) is 17.5 Å². The number of Topliss-reactive ketones (excluding diaryl/α,β-unsaturated/α-hetero) is 1. The zero-order valence-electron chi connectivity index (χ0n) is 16.4. The Hall–Kier alpha value is -2.99. The van der Waals surface area contributed by atoms with Crippen LogP contribution >= 0.6 is 0 Å². The Morgan fingerprint density at radius 2 is 2.07 bits per heavy atom. The molecule has 2 aromatic carbocycles. The fraction of sp³-hybridized carbons (Fsp3) is 0.304. The Labute approximate surface area is 169 Å². The smallest absolute Gasteiger partial charge is 0.167 e. The minimum absolute atomic E-state index is 0.0111. The van der Waals surface area contributed by atoms with Crippen LogP contribution in [0.4, 0.5) is 4.39 Å². The molecule has 150 valence electrons. The molecule has 4 rings (SSSR count). The lowest BCUT2D eigenvalue weighted by atomic mass is 9.90. The Balaban J connectivity index is 1.41. The highest BCUT2D eigenvalue weighted by atomic mass is 19.1. The summed E-state index contributed by atoms with van der Waals surface area (Å²) in [4.78, 5) is 15.3. The van der Waals surface area contributed by atoms with Gasteiger partial charge in [0.1, 0.15) is 11.6 Å². The number of carbonyl (C=O) groups excluding carboxylic acids is 1. The number of likely N-dealkylation sites (tertiary alicyclic amines) is 1. The van der Waals surface area contributed by atoms with Crippen molar-refractivity contribution >= 4 is 5.78 Å². The Morgan fingerprint density at radius 3 is 2.86 bits per heavy atom. The van der Waals surface area contributed by atoms with Gasteiger partial charge in [0.15, 0.2) is 5.78 Å². The van der Waals surface area contributed by atoms with Crippen LogP contribution in [0.3, 0.4) is 0 Å². The van der Waals surface area contributed by atoms with E-state index in [0.717, 1.165) is 43.7 Å². The van der Waals surface area contributed by atoms with Crippen molar-refractivity contribution in [2.75, 3.05) is 20.2 Å². The fourth-order valence-electron chi connectivity index (χ4n) is 3.86. The number of hydrogen-bond donors (Lipinski definition) is 0. The molecule has 1 atom stereocenters. The molecular formula is C23H24FN3O2. The SMILES string of the molecule is COc1cccc(C(=O)C2CCCN(Cc3cnn(-c4ccc(F)cc4)c3)C2)c1. The van der Waals surface area contributed by atoms with Gasteiger partial charge in [-0.05, 0) is 55.8 Å². The monoisotopic (exact) mass is 393 g/mol. The van der Waals surface area contributed by atoms with E-state index in [4.69, 9.17) is 4.74 Å². The second kappa shape index (κ2) is 8.57. The molecule has 5 nitrogen and oxygen atoms in total. The van der Waals surface area contributed by atoms with Crippen molar-refractivity contribution in [3.8, 4) is 11.4 Å². The standard InChI is InChI=1S/C23H24FN3O2/c1-29-22-6-2-4-18(12-22)23(28)19-5-3-11-26(16-19)14-17-13-25-27(15-17)21-9-7-20(24)8-10-21/h2,4,6-10,12-13,15,19H,3,5,11,14,16H2,1H3. The molecule has 1 aliphatic heterocycles. The summed E-state index contributed by atoms with van der Waals surface area (Å²) in [7, 11) is 1.61. The minimum atomic E-state index is -0.263. The van der Waals surface area contributed by atoms with Crippen LogP contribution in [0.2, 0.25) is 0 Å². The van der Waals surface area contributed by atoms with Gasteiger partial charge in [0.2, 0.25) is 0 Å². The van der Waals surface area contributed by atoms with Gasteiger partial charge in [-0.2, -0.15) is 5.10 Å². The fourth-order valence-corrected chi connectivity index (χ4v) is 3.86. The third-order valence-corrected chi connectivity index (χ3v) is 5.36. The number of methoxy groups -OCH3 is 1. The molecule has 1 saturated heterocycles. The molecule has 0 amide bonds. The number of benzene rings is 2. The van der Waals surface area contributed by atoms with Gasteiger partial charge < -0.3 is 4.74 Å². The summed E-state index contributed by atoms with van der Waals surface area (Å²) < 4.78 is 20.1. The van der Waals surface area contributed by atoms with Gasteiger partial charge in [0.25, 0.3) is 0 Å². The van der Waals surface area contributed by atoms with Crippen molar-refractivity contribution in [1.29, 1.82) is 0 Å². The van der Waals surface area contributed by atoms with Gasteiger partial charge >= 0.3 is 0 Å². The Kier molecular flexibility index (Phi) is 5.71. The zero-order valence-corrected chi connectivity index (χ0v) is 16.4. The topological polar surface area (TPSA) is 47.4 Å². The van der Waals surface area contributed by atoms with E-state index in [1.54, 1.807) is 23.9 Å². The molecule has 0 spiro atoms. The van der Waals surface area contributed by atoms with Crippen molar-refractivity contribution in [2.24, 2.45) is 5.92 Å². The maximum absolute atomic E-state index is 13.1. The maximum Gasteiger partial charge on any atom is 0.167 e. The molecule has 0 N–H and O–H groups in total. The molecule has 2 heterocycles. The maximum atomic E-state index is 13.1. The minimum Gasteiger partial charge on any atom is -0.497 e. The predicted octanol–water partition coefficient (Wildman–Crippen LogP) is 4.11. The van der Waals surface area contributed by atoms with Gasteiger partial charge in [0.05, 0.1) is 19.0 Å². The van der Waals surface area contributed by atoms with Gasteiger partial charge in [-0.1, -0.05) is 12.1 Å². The van der Waals surface area contributed by atoms with Gasteiger partial charge in [-0.25, -0.2) is 9.07 Å². The predicted molar refractivity (Wildman–Crippen MR) is 109 cm³/mol. The van der Waals surface area contributed by atoms with Crippen LogP contribution in [0, 0.1) is 11.7 Å². The number of nitrogens with zero attached hydrogens (tertiary/aromatic N) is 3. The van der Waals surface area contributed by atoms with E-state index in [1.807, 2.05) is 36.7 Å². The van der Waals surface area contributed by atoms with Crippen LogP contribution in [0.1, 0.15) is 28.8 Å². The lowest BCUT2D eigenvalue weighted by Gasteiger charge is -2.31. The summed E-state index contributed by atoms with van der Waals surface area (Å²) in [5, 5.41) is 4.39. The molecule has 0 aliphatic carbocycles. The molecule has 1 unspecified atom stereocenters. The average Bonchev–Trinajstić information content (AvgIpc) is 3.22. The third kappa shape index (κ3) is 4.54. The van der Waals surface area contributed by atoms with Crippen molar-refractivity contribution in [3.63, 3.8) is 0 Å². The van der Waals surface area contributed by atoms with Crippen LogP contribution in [0.15, 0.2) is 60.9 Å². The van der Waals surface area contributed by atoms with Crippen molar-refractivity contribution < 1.29 is 13.9 Å². The molecule has 3 aromatic rings. The second-order valence-electron chi connectivity index (χ2n) is 7.44. The quantitative estimate of drug-likeness (QED) is 0.591. The first-order valence-corrected chi connectivity index (χ1v) is 9.82. The van der Waals surface area contributed by atoms with E-state index in [9.17, 15) is 9.18 Å². The van der Waals surface area contributed by atoms with Crippen LogP contribution < -0.4 is 4.74 Å². The molecule has 0 bridgehead atoms. The number of halogens is 1. The molecule has 29 heavy (non-hydrogen) atoms. The van der Waals surface area contributed by atoms with E-state index < -0.39 is 0 Å². The Bertz CT molecular complexity index is 984. The van der Waals surface area contributed by atoms with Crippen molar-refractivity contribution in [2.45, 2.75) is 19.4 Å². The summed E-state index contributed by atoms with van der Waals surface area (Å²) in [6, 6.07) is 13.6. The summed E-state index contributed by atoms with van der Waals surface area (Å²) in [5.74, 6) is 0.608. The molecule has 1 aromatic heterocycles. The van der Waals surface area contributed by atoms with E-state index in [1.165, 1.54) is 12.1 Å². The highest BCUT2D eigenvalue weighted by molar-refractivity contribution is 5.98. The molecule has 1 fully saturated rings. The first kappa shape index (κ1) is 19.3. The molecular weight excluding hydrogens is 369 g/mol. The highest BCUT2D eigenvalue weighted by Crippen LogP contribution is 2.24. The molecule has 0 saturated carbocycles. The number of carbonyl (C=O) groups is 1. The summed E-state index contributed by atoms with van der Waals surface area (Å²) in [5.41, 5.74) is 2.60. The van der Waals surface area contributed by atoms with Gasteiger partial charge in [-0.3, -0.25) is 9.69 Å². The second-order valence-corrected chi connectivity index (χ2v) is 7.44. The lowest BCUT2D eigenvalue weighted by Crippen LogP contribution is -2.38. The number of ketones is 1. The van der Waals surface area contributed by atoms with Crippen LogP contribution in [-0.2, 0) is 6.54 Å². The van der Waals surface area contributed by atoms with Crippen molar-refractivity contribution in [1.82, 2.24) is 14.7 Å². The molecule has 0 radical (unpaired) electrons. The van der Waals surface area contributed by atoms with Crippen LogP contribution in [0.5, 0.6) is 5.75 Å². The molecule has 6 heteroatoms. The first-order chi connectivity index (χ1) is 14.1. The van der Waals surface area contributed by atoms with E-state index >= 15 is 0 Å². The number of hydrogen-bond acceptors (Lipinski definition) is 4. The van der Waals surface area contributed by atoms with E-state index in [0.29, 0.717) is 11.3 Å². The van der Waals surface area contributed by atoms with Crippen molar-refractivity contribution in [3.05, 3.63) is 77.9 Å².